The van der Waals surface area contributed by atoms with E-state index in [1.165, 1.54) is 0 Å². The summed E-state index contributed by atoms with van der Waals surface area (Å²) in [6.45, 7) is 1.18. The van der Waals surface area contributed by atoms with Crippen LogP contribution in [0.1, 0.15) is 27.0 Å². The predicted octanol–water partition coefficient (Wildman–Crippen LogP) is 2.54. The molecular formula is C16H15NO3. The van der Waals surface area contributed by atoms with Gasteiger partial charge in [-0.3, -0.25) is 4.79 Å². The Labute approximate surface area is 117 Å². The van der Waals surface area contributed by atoms with Crippen molar-refractivity contribution in [2.24, 2.45) is 0 Å². The van der Waals surface area contributed by atoms with Crippen LogP contribution in [0.15, 0.2) is 36.4 Å². The molecule has 2 N–H and O–H groups in total. The molecule has 102 valence electrons. The van der Waals surface area contributed by atoms with Gasteiger partial charge in [0.05, 0.1) is 20.3 Å². The third-order valence-corrected chi connectivity index (χ3v) is 3.49. The van der Waals surface area contributed by atoms with Gasteiger partial charge in [0.25, 0.3) is 0 Å². The number of ether oxygens (including phenoxy) is 2. The lowest BCUT2D eigenvalue weighted by Crippen LogP contribution is -2.06. The van der Waals surface area contributed by atoms with Crippen LogP contribution in [-0.4, -0.2) is 12.9 Å². The Balaban J connectivity index is 2.00. The molecule has 0 radical (unpaired) electrons. The number of ketones is 1. The molecule has 2 aromatic rings. The van der Waals surface area contributed by atoms with Gasteiger partial charge in [-0.2, -0.15) is 0 Å². The maximum Gasteiger partial charge on any atom is 0.195 e. The monoisotopic (exact) mass is 269 g/mol. The Morgan fingerprint density at radius 1 is 1.15 bits per heavy atom. The van der Waals surface area contributed by atoms with E-state index in [4.69, 9.17) is 15.2 Å². The smallest absolute Gasteiger partial charge is 0.195 e. The van der Waals surface area contributed by atoms with Crippen molar-refractivity contribution in [1.82, 2.24) is 0 Å². The zero-order valence-electron chi connectivity index (χ0n) is 11.2. The molecule has 0 amide bonds. The lowest BCUT2D eigenvalue weighted by Gasteiger charge is -2.08. The summed E-state index contributed by atoms with van der Waals surface area (Å²) in [6.07, 6.45) is 0. The van der Waals surface area contributed by atoms with Crippen LogP contribution in [0.4, 0.5) is 5.69 Å². The van der Waals surface area contributed by atoms with Crippen molar-refractivity contribution in [2.45, 2.75) is 13.2 Å². The minimum atomic E-state index is -0.101. The van der Waals surface area contributed by atoms with E-state index in [0.29, 0.717) is 35.8 Å². The molecule has 0 spiro atoms. The fraction of sp³-hybridized carbons (Fsp3) is 0.188. The number of rotatable bonds is 3. The van der Waals surface area contributed by atoms with Crippen LogP contribution in [0.5, 0.6) is 5.75 Å². The third kappa shape index (κ3) is 2.14. The van der Waals surface area contributed by atoms with E-state index in [2.05, 4.69) is 0 Å². The van der Waals surface area contributed by atoms with E-state index < -0.39 is 0 Å². The highest BCUT2D eigenvalue weighted by molar-refractivity contribution is 6.12. The van der Waals surface area contributed by atoms with Gasteiger partial charge in [0, 0.05) is 16.8 Å². The first kappa shape index (κ1) is 12.7. The number of methoxy groups -OCH3 is 1. The number of benzene rings is 2. The van der Waals surface area contributed by atoms with E-state index >= 15 is 0 Å². The van der Waals surface area contributed by atoms with Crippen molar-refractivity contribution in [2.75, 3.05) is 12.8 Å². The highest BCUT2D eigenvalue weighted by Crippen LogP contribution is 2.25. The van der Waals surface area contributed by atoms with Crippen molar-refractivity contribution in [3.8, 4) is 5.75 Å². The fourth-order valence-corrected chi connectivity index (χ4v) is 2.33. The summed E-state index contributed by atoms with van der Waals surface area (Å²) >= 11 is 0. The van der Waals surface area contributed by atoms with Gasteiger partial charge in [0.15, 0.2) is 5.78 Å². The van der Waals surface area contributed by atoms with Crippen molar-refractivity contribution in [1.29, 1.82) is 0 Å². The summed E-state index contributed by atoms with van der Waals surface area (Å²) in [4.78, 5) is 12.6. The Morgan fingerprint density at radius 3 is 2.75 bits per heavy atom. The molecule has 0 fully saturated rings. The molecule has 2 aromatic carbocycles. The lowest BCUT2D eigenvalue weighted by atomic mass is 9.98. The van der Waals surface area contributed by atoms with E-state index in [1.807, 2.05) is 18.2 Å². The quantitative estimate of drug-likeness (QED) is 0.687. The number of nitrogens with two attached hydrogens (primary N) is 1. The number of nitrogen functional groups attached to an aromatic ring is 1. The average Bonchev–Trinajstić information content (AvgIpc) is 2.94. The molecular weight excluding hydrogens is 254 g/mol. The summed E-state index contributed by atoms with van der Waals surface area (Å²) < 4.78 is 10.5. The second-order valence-electron chi connectivity index (χ2n) is 4.76. The van der Waals surface area contributed by atoms with Crippen molar-refractivity contribution in [3.05, 3.63) is 58.7 Å². The van der Waals surface area contributed by atoms with Crippen LogP contribution >= 0.6 is 0 Å². The minimum Gasteiger partial charge on any atom is -0.497 e. The molecule has 1 aliphatic heterocycles. The second kappa shape index (κ2) is 4.98. The minimum absolute atomic E-state index is 0.101. The number of carbonyl (C=O) groups excluding carboxylic acids is 1. The fourth-order valence-electron chi connectivity index (χ4n) is 2.33. The maximum atomic E-state index is 12.6. The summed E-state index contributed by atoms with van der Waals surface area (Å²) in [5.74, 6) is 0.517. The van der Waals surface area contributed by atoms with Crippen LogP contribution < -0.4 is 10.5 Å². The van der Waals surface area contributed by atoms with Gasteiger partial charge in [-0.1, -0.05) is 12.1 Å². The molecule has 0 saturated heterocycles. The zero-order chi connectivity index (χ0) is 14.1. The zero-order valence-corrected chi connectivity index (χ0v) is 11.2. The van der Waals surface area contributed by atoms with E-state index in [0.717, 1.165) is 11.1 Å². The van der Waals surface area contributed by atoms with Gasteiger partial charge in [0.2, 0.25) is 0 Å². The molecule has 3 rings (SSSR count). The maximum absolute atomic E-state index is 12.6. The van der Waals surface area contributed by atoms with Gasteiger partial charge in [-0.25, -0.2) is 0 Å². The molecule has 0 aromatic heterocycles. The molecule has 0 bridgehead atoms. The highest BCUT2D eigenvalue weighted by Gasteiger charge is 2.17. The topological polar surface area (TPSA) is 61.5 Å². The molecule has 0 saturated carbocycles. The first-order valence-electron chi connectivity index (χ1n) is 6.37. The van der Waals surface area contributed by atoms with Gasteiger partial charge >= 0.3 is 0 Å². The van der Waals surface area contributed by atoms with Crippen LogP contribution in [0, 0.1) is 0 Å². The average molecular weight is 269 g/mol. The molecule has 1 aliphatic rings. The van der Waals surface area contributed by atoms with Crippen LogP contribution in [0.2, 0.25) is 0 Å². The van der Waals surface area contributed by atoms with E-state index in [1.54, 1.807) is 25.3 Å². The SMILES string of the molecule is COc1ccc(N)c(C(=O)c2ccc3c(c2)COC3)c1. The van der Waals surface area contributed by atoms with E-state index in [-0.39, 0.29) is 5.78 Å². The molecule has 0 atom stereocenters. The Bertz CT molecular complexity index is 679. The van der Waals surface area contributed by atoms with Crippen molar-refractivity contribution < 1.29 is 14.3 Å². The first-order chi connectivity index (χ1) is 9.69. The Hall–Kier alpha value is -2.33. The number of fused-ring (bicyclic) bond motifs is 1. The van der Waals surface area contributed by atoms with Gasteiger partial charge in [-0.15, -0.1) is 0 Å². The van der Waals surface area contributed by atoms with Gasteiger partial charge < -0.3 is 15.2 Å². The second-order valence-corrected chi connectivity index (χ2v) is 4.76. The van der Waals surface area contributed by atoms with Crippen LogP contribution in [0.25, 0.3) is 0 Å². The molecule has 4 heteroatoms. The molecule has 20 heavy (non-hydrogen) atoms. The summed E-state index contributed by atoms with van der Waals surface area (Å²) in [5, 5.41) is 0. The predicted molar refractivity (Wildman–Crippen MR) is 75.8 cm³/mol. The Kier molecular flexibility index (Phi) is 3.16. The van der Waals surface area contributed by atoms with Crippen LogP contribution in [0.3, 0.4) is 0 Å². The number of hydrogen-bond donors (Lipinski definition) is 1. The number of hydrogen-bond acceptors (Lipinski definition) is 4. The Morgan fingerprint density at radius 2 is 1.95 bits per heavy atom. The molecule has 4 nitrogen and oxygen atoms in total. The van der Waals surface area contributed by atoms with Gasteiger partial charge in [-0.05, 0) is 35.4 Å². The highest BCUT2D eigenvalue weighted by atomic mass is 16.5. The normalized spacial score (nSPS) is 13.1. The van der Waals surface area contributed by atoms with Crippen molar-refractivity contribution in [3.63, 3.8) is 0 Å². The summed E-state index contributed by atoms with van der Waals surface area (Å²) in [6, 6.07) is 10.7. The summed E-state index contributed by atoms with van der Waals surface area (Å²) in [7, 11) is 1.56. The van der Waals surface area contributed by atoms with Crippen molar-refractivity contribution >= 4 is 11.5 Å². The summed E-state index contributed by atoms with van der Waals surface area (Å²) in [5.41, 5.74) is 9.63. The van der Waals surface area contributed by atoms with Crippen LogP contribution in [-0.2, 0) is 18.0 Å². The number of anilines is 1. The standard InChI is InChI=1S/C16H15NO3/c1-19-13-4-5-15(17)14(7-13)16(18)10-2-3-11-8-20-9-12(11)6-10/h2-7H,8-9,17H2,1H3. The molecule has 0 unspecified atom stereocenters. The van der Waals surface area contributed by atoms with Gasteiger partial charge in [0.1, 0.15) is 5.75 Å². The third-order valence-electron chi connectivity index (χ3n) is 3.49. The molecule has 0 aliphatic carbocycles. The lowest BCUT2D eigenvalue weighted by molar-refractivity contribution is 0.103. The largest absolute Gasteiger partial charge is 0.497 e. The van der Waals surface area contributed by atoms with E-state index in [9.17, 15) is 4.79 Å². The number of carbonyl (C=O) groups is 1. The first-order valence-corrected chi connectivity index (χ1v) is 6.37. The molecule has 1 heterocycles.